The Labute approximate surface area is 135 Å². The lowest BCUT2D eigenvalue weighted by Crippen LogP contribution is -2.43. The number of likely N-dealkylation sites (tertiary alicyclic amines) is 1. The first-order valence-electron chi connectivity index (χ1n) is 7.62. The predicted molar refractivity (Wildman–Crippen MR) is 82.6 cm³/mol. The van der Waals surface area contributed by atoms with Gasteiger partial charge in [0.25, 0.3) is 0 Å². The highest BCUT2D eigenvalue weighted by Crippen LogP contribution is 2.28. The van der Waals surface area contributed by atoms with Crippen molar-refractivity contribution in [3.8, 4) is 0 Å². The van der Waals surface area contributed by atoms with Gasteiger partial charge in [0.1, 0.15) is 17.5 Å². The Morgan fingerprint density at radius 2 is 1.91 bits per heavy atom. The number of carbonyl (C=O) groups excluding carboxylic acids is 1. The third-order valence-corrected chi connectivity index (χ3v) is 3.74. The molecule has 0 saturated carbocycles. The Kier molecular flexibility index (Phi) is 4.92. The number of hydrogen-bond acceptors (Lipinski definition) is 3. The van der Waals surface area contributed by atoms with E-state index in [0.29, 0.717) is 19.4 Å². The van der Waals surface area contributed by atoms with Gasteiger partial charge in [-0.2, -0.15) is 0 Å². The molecule has 1 aromatic carbocycles. The summed E-state index contributed by atoms with van der Waals surface area (Å²) in [5, 5.41) is 9.35. The fourth-order valence-corrected chi connectivity index (χ4v) is 2.78. The summed E-state index contributed by atoms with van der Waals surface area (Å²) < 4.78 is 18.2. The zero-order valence-electron chi connectivity index (χ0n) is 13.6. The highest BCUT2D eigenvalue weighted by Gasteiger charge is 2.41. The van der Waals surface area contributed by atoms with Gasteiger partial charge in [-0.3, -0.25) is 4.90 Å². The molecule has 0 spiro atoms. The molecule has 0 bridgehead atoms. The Balaban J connectivity index is 2.06. The second-order valence-electron chi connectivity index (χ2n) is 6.92. The molecule has 1 fully saturated rings. The number of hydrogen-bond donors (Lipinski definition) is 1. The van der Waals surface area contributed by atoms with Crippen molar-refractivity contribution in [1.82, 2.24) is 4.90 Å². The van der Waals surface area contributed by atoms with Gasteiger partial charge in [0.05, 0.1) is 0 Å². The van der Waals surface area contributed by atoms with Crippen molar-refractivity contribution in [2.75, 3.05) is 6.54 Å². The lowest BCUT2D eigenvalue weighted by molar-refractivity contribution is -0.142. The summed E-state index contributed by atoms with van der Waals surface area (Å²) in [6, 6.07) is 5.24. The van der Waals surface area contributed by atoms with Crippen LogP contribution in [0.4, 0.5) is 9.18 Å². The maximum atomic E-state index is 12.9. The van der Waals surface area contributed by atoms with Gasteiger partial charge in [-0.15, -0.1) is 0 Å². The van der Waals surface area contributed by atoms with E-state index in [1.54, 1.807) is 32.9 Å². The summed E-state index contributed by atoms with van der Waals surface area (Å²) in [6.45, 7) is 5.55. The monoisotopic (exact) mass is 323 g/mol. The molecule has 1 saturated heterocycles. The van der Waals surface area contributed by atoms with Crippen molar-refractivity contribution in [2.24, 2.45) is 5.92 Å². The molecule has 1 aromatic rings. The Hall–Kier alpha value is -2.11. The van der Waals surface area contributed by atoms with Crippen LogP contribution in [0.1, 0.15) is 32.8 Å². The van der Waals surface area contributed by atoms with E-state index in [9.17, 15) is 19.1 Å². The molecule has 6 heteroatoms. The van der Waals surface area contributed by atoms with Crippen LogP contribution in [0.5, 0.6) is 0 Å². The third-order valence-electron chi connectivity index (χ3n) is 3.74. The van der Waals surface area contributed by atoms with Crippen molar-refractivity contribution in [3.63, 3.8) is 0 Å². The van der Waals surface area contributed by atoms with Crippen LogP contribution in [0.2, 0.25) is 0 Å². The number of ether oxygens (including phenoxy) is 1. The van der Waals surface area contributed by atoms with E-state index >= 15 is 0 Å². The van der Waals surface area contributed by atoms with Crippen LogP contribution >= 0.6 is 0 Å². The fraction of sp³-hybridized carbons (Fsp3) is 0.529. The molecular weight excluding hydrogens is 301 g/mol. The lowest BCUT2D eigenvalue weighted by Gasteiger charge is -2.26. The van der Waals surface area contributed by atoms with Gasteiger partial charge in [0.15, 0.2) is 0 Å². The quantitative estimate of drug-likeness (QED) is 0.928. The molecule has 0 aromatic heterocycles. The van der Waals surface area contributed by atoms with E-state index in [1.165, 1.54) is 17.0 Å². The first-order valence-corrected chi connectivity index (χ1v) is 7.62. The summed E-state index contributed by atoms with van der Waals surface area (Å²) in [6.07, 6.45) is 0.362. The maximum absolute atomic E-state index is 12.9. The first-order chi connectivity index (χ1) is 10.7. The highest BCUT2D eigenvalue weighted by atomic mass is 19.1. The van der Waals surface area contributed by atoms with Crippen molar-refractivity contribution < 1.29 is 23.8 Å². The first kappa shape index (κ1) is 17.2. The average molecular weight is 323 g/mol. The molecule has 1 N–H and O–H groups in total. The highest BCUT2D eigenvalue weighted by molar-refractivity contribution is 5.81. The van der Waals surface area contributed by atoms with Crippen molar-refractivity contribution in [2.45, 2.75) is 45.3 Å². The third kappa shape index (κ3) is 4.68. The van der Waals surface area contributed by atoms with E-state index in [4.69, 9.17) is 4.74 Å². The molecule has 1 amide bonds. The van der Waals surface area contributed by atoms with Crippen LogP contribution in [0.3, 0.4) is 0 Å². The van der Waals surface area contributed by atoms with Gasteiger partial charge in [-0.1, -0.05) is 12.1 Å². The number of carboxylic acid groups (broad SMARTS) is 1. The van der Waals surface area contributed by atoms with Gasteiger partial charge >= 0.3 is 12.1 Å². The number of halogens is 1. The largest absolute Gasteiger partial charge is 0.480 e. The second kappa shape index (κ2) is 6.56. The number of rotatable bonds is 3. The van der Waals surface area contributed by atoms with E-state index in [2.05, 4.69) is 0 Å². The number of benzene rings is 1. The molecule has 2 atom stereocenters. The van der Waals surface area contributed by atoms with Crippen LogP contribution in [0.15, 0.2) is 24.3 Å². The molecule has 2 rings (SSSR count). The minimum Gasteiger partial charge on any atom is -0.480 e. The van der Waals surface area contributed by atoms with Gasteiger partial charge in [-0.05, 0) is 57.2 Å². The summed E-state index contributed by atoms with van der Waals surface area (Å²) in [5.74, 6) is -1.33. The number of carboxylic acids is 1. The number of aliphatic carboxylic acids is 1. The topological polar surface area (TPSA) is 66.8 Å². The maximum Gasteiger partial charge on any atom is 0.411 e. The Morgan fingerprint density at radius 1 is 1.30 bits per heavy atom. The van der Waals surface area contributed by atoms with Crippen LogP contribution in [-0.4, -0.2) is 40.3 Å². The number of nitrogens with zero attached hydrogens (tertiary/aromatic N) is 1. The number of amides is 1. The van der Waals surface area contributed by atoms with Crippen LogP contribution in [0, 0.1) is 11.7 Å². The Bertz CT molecular complexity index is 579. The predicted octanol–water partition coefficient (Wildman–Crippen LogP) is 3.08. The minimum atomic E-state index is -1.03. The molecule has 126 valence electrons. The molecule has 5 nitrogen and oxygen atoms in total. The molecular formula is C17H22FNO4. The zero-order valence-corrected chi connectivity index (χ0v) is 13.6. The van der Waals surface area contributed by atoms with Crippen molar-refractivity contribution in [1.29, 1.82) is 0 Å². The summed E-state index contributed by atoms with van der Waals surface area (Å²) in [7, 11) is 0. The van der Waals surface area contributed by atoms with Crippen molar-refractivity contribution in [3.05, 3.63) is 35.6 Å². The zero-order chi connectivity index (χ0) is 17.2. The van der Waals surface area contributed by atoms with Crippen molar-refractivity contribution >= 4 is 12.1 Å². The molecule has 1 aliphatic heterocycles. The van der Waals surface area contributed by atoms with Gasteiger partial charge in [-0.25, -0.2) is 14.0 Å². The molecule has 23 heavy (non-hydrogen) atoms. The molecule has 0 radical (unpaired) electrons. The van der Waals surface area contributed by atoms with E-state index in [0.717, 1.165) is 5.56 Å². The fourth-order valence-electron chi connectivity index (χ4n) is 2.78. The lowest BCUT2D eigenvalue weighted by atomic mass is 9.97. The molecule has 0 aliphatic carbocycles. The van der Waals surface area contributed by atoms with Crippen LogP contribution in [0.25, 0.3) is 0 Å². The smallest absolute Gasteiger partial charge is 0.411 e. The van der Waals surface area contributed by atoms with Gasteiger partial charge in [0, 0.05) is 6.54 Å². The van der Waals surface area contributed by atoms with Crippen LogP contribution < -0.4 is 0 Å². The van der Waals surface area contributed by atoms with E-state index in [1.807, 2.05) is 0 Å². The Morgan fingerprint density at radius 3 is 2.43 bits per heavy atom. The summed E-state index contributed by atoms with van der Waals surface area (Å²) in [4.78, 5) is 24.9. The molecule has 0 unspecified atom stereocenters. The standard InChI is InChI=1S/C17H22FNO4/c1-17(2,3)23-16(22)19-10-12(9-14(19)15(20)21)8-11-4-6-13(18)7-5-11/h4-7,12,14H,8-10H2,1-3H3,(H,20,21)/t12-,14-/m0/s1. The minimum absolute atomic E-state index is 0.00841. The van der Waals surface area contributed by atoms with E-state index < -0.39 is 23.7 Å². The van der Waals surface area contributed by atoms with E-state index in [-0.39, 0.29) is 11.7 Å². The average Bonchev–Trinajstić information content (AvgIpc) is 2.84. The van der Waals surface area contributed by atoms with Crippen LogP contribution in [-0.2, 0) is 16.0 Å². The number of carbonyl (C=O) groups is 2. The SMILES string of the molecule is CC(C)(C)OC(=O)N1C[C@@H](Cc2ccc(F)cc2)C[C@H]1C(=O)O. The second-order valence-corrected chi connectivity index (χ2v) is 6.92. The van der Waals surface area contributed by atoms with Gasteiger partial charge < -0.3 is 9.84 Å². The normalized spacial score (nSPS) is 21.3. The summed E-state index contributed by atoms with van der Waals surface area (Å²) in [5.41, 5.74) is 0.251. The summed E-state index contributed by atoms with van der Waals surface area (Å²) >= 11 is 0. The molecule has 1 aliphatic rings. The molecule has 1 heterocycles. The van der Waals surface area contributed by atoms with Gasteiger partial charge in [0.2, 0.25) is 0 Å².